The van der Waals surface area contributed by atoms with Crippen molar-refractivity contribution in [2.24, 2.45) is 7.05 Å². The van der Waals surface area contributed by atoms with Crippen LogP contribution in [-0.4, -0.2) is 20.7 Å². The van der Waals surface area contributed by atoms with E-state index in [1.807, 2.05) is 30.3 Å². The average Bonchev–Trinajstić information content (AvgIpc) is 3.09. The summed E-state index contributed by atoms with van der Waals surface area (Å²) in [6.45, 7) is 0. The molecule has 0 unspecified atom stereocenters. The number of pyridine rings is 1. The number of hydrogen-bond donors (Lipinski definition) is 1. The summed E-state index contributed by atoms with van der Waals surface area (Å²) in [6, 6.07) is 13.6. The molecule has 5 nitrogen and oxygen atoms in total. The summed E-state index contributed by atoms with van der Waals surface area (Å²) in [7, 11) is 1.69. The molecule has 0 bridgehead atoms. The highest BCUT2D eigenvalue weighted by Gasteiger charge is 2.31. The third kappa shape index (κ3) is 3.73. The lowest BCUT2D eigenvalue weighted by Crippen LogP contribution is -2.14. The molecule has 4 rings (SSSR count). The lowest BCUT2D eigenvalue weighted by Gasteiger charge is -2.13. The van der Waals surface area contributed by atoms with Crippen molar-refractivity contribution < 1.29 is 18.0 Å². The van der Waals surface area contributed by atoms with E-state index in [1.165, 1.54) is 10.9 Å². The number of nitrogens with zero attached hydrogens (tertiary/aromatic N) is 3. The first-order valence-corrected chi connectivity index (χ1v) is 9.18. The number of anilines is 1. The molecule has 152 valence electrons. The number of benzene rings is 2. The number of hydrogen-bond acceptors (Lipinski definition) is 3. The summed E-state index contributed by atoms with van der Waals surface area (Å²) in [4.78, 5) is 17.6. The minimum Gasteiger partial charge on any atom is -0.321 e. The average molecular weight is 431 g/mol. The second-order valence-electron chi connectivity index (χ2n) is 6.57. The van der Waals surface area contributed by atoms with E-state index in [0.29, 0.717) is 16.7 Å². The highest BCUT2D eigenvalue weighted by Crippen LogP contribution is 2.34. The van der Waals surface area contributed by atoms with E-state index in [-0.39, 0.29) is 16.3 Å². The van der Waals surface area contributed by atoms with Crippen LogP contribution in [-0.2, 0) is 13.2 Å². The first kappa shape index (κ1) is 19.9. The van der Waals surface area contributed by atoms with Crippen LogP contribution < -0.4 is 5.32 Å². The maximum absolute atomic E-state index is 13.0. The number of carbonyl (C=O) groups excluding carboxylic acids is 1. The van der Waals surface area contributed by atoms with Gasteiger partial charge in [-0.25, -0.2) is 4.98 Å². The van der Waals surface area contributed by atoms with Crippen LogP contribution in [0, 0.1) is 0 Å². The standard InChI is InChI=1S/C21H14ClF3N4O/c1-29-19-15(11-26-29)14(10-17(27-19)12-5-3-2-4-6-12)20(30)28-18-9-13(21(23,24)25)7-8-16(18)22/h2-11H,1H3,(H,28,30). The van der Waals surface area contributed by atoms with Gasteiger partial charge in [0.25, 0.3) is 5.91 Å². The predicted molar refractivity (Wildman–Crippen MR) is 108 cm³/mol. The van der Waals surface area contributed by atoms with Crippen molar-refractivity contribution in [3.63, 3.8) is 0 Å². The van der Waals surface area contributed by atoms with E-state index < -0.39 is 17.6 Å². The molecule has 0 atom stereocenters. The SMILES string of the molecule is Cn1ncc2c(C(=O)Nc3cc(C(F)(F)F)ccc3Cl)cc(-c3ccccc3)nc21. The number of aromatic nitrogens is 3. The van der Waals surface area contributed by atoms with Gasteiger partial charge in [-0.15, -0.1) is 0 Å². The topological polar surface area (TPSA) is 59.8 Å². The van der Waals surface area contributed by atoms with Gasteiger partial charge in [0, 0.05) is 12.6 Å². The van der Waals surface area contributed by atoms with Crippen LogP contribution in [0.25, 0.3) is 22.3 Å². The van der Waals surface area contributed by atoms with Crippen molar-refractivity contribution in [1.82, 2.24) is 14.8 Å². The van der Waals surface area contributed by atoms with Crippen molar-refractivity contribution in [2.75, 3.05) is 5.32 Å². The van der Waals surface area contributed by atoms with Gasteiger partial charge in [-0.05, 0) is 24.3 Å². The van der Waals surface area contributed by atoms with Gasteiger partial charge in [0.15, 0.2) is 5.65 Å². The summed E-state index contributed by atoms with van der Waals surface area (Å²) in [5.41, 5.74) is 0.968. The van der Waals surface area contributed by atoms with E-state index in [4.69, 9.17) is 11.6 Å². The molecule has 1 amide bonds. The molecule has 0 saturated heterocycles. The monoisotopic (exact) mass is 430 g/mol. The highest BCUT2D eigenvalue weighted by atomic mass is 35.5. The Morgan fingerprint density at radius 3 is 2.53 bits per heavy atom. The molecule has 2 aromatic carbocycles. The third-order valence-corrected chi connectivity index (χ3v) is 4.89. The van der Waals surface area contributed by atoms with E-state index >= 15 is 0 Å². The number of alkyl halides is 3. The van der Waals surface area contributed by atoms with Crippen LogP contribution in [0.15, 0.2) is 60.8 Å². The van der Waals surface area contributed by atoms with Crippen molar-refractivity contribution in [3.8, 4) is 11.3 Å². The Kier molecular flexibility index (Phi) is 4.95. The van der Waals surface area contributed by atoms with E-state index in [2.05, 4.69) is 15.4 Å². The molecule has 1 N–H and O–H groups in total. The van der Waals surface area contributed by atoms with Crippen molar-refractivity contribution in [1.29, 1.82) is 0 Å². The molecule has 30 heavy (non-hydrogen) atoms. The third-order valence-electron chi connectivity index (χ3n) is 4.56. The molecule has 0 aliphatic carbocycles. The molecule has 9 heteroatoms. The van der Waals surface area contributed by atoms with Crippen LogP contribution >= 0.6 is 11.6 Å². The largest absolute Gasteiger partial charge is 0.416 e. The van der Waals surface area contributed by atoms with Gasteiger partial charge in [-0.2, -0.15) is 18.3 Å². The van der Waals surface area contributed by atoms with E-state index in [1.54, 1.807) is 13.1 Å². The maximum Gasteiger partial charge on any atom is 0.416 e. The predicted octanol–water partition coefficient (Wildman–Crippen LogP) is 5.56. The zero-order valence-electron chi connectivity index (χ0n) is 15.5. The van der Waals surface area contributed by atoms with Gasteiger partial charge in [0.1, 0.15) is 0 Å². The van der Waals surface area contributed by atoms with E-state index in [9.17, 15) is 18.0 Å². The molecule has 2 heterocycles. The normalized spacial score (nSPS) is 11.6. The Bertz CT molecular complexity index is 1250. The Balaban J connectivity index is 1.79. The summed E-state index contributed by atoms with van der Waals surface area (Å²) >= 11 is 6.02. The second kappa shape index (κ2) is 7.46. The molecule has 0 radical (unpaired) electrons. The molecule has 0 fully saturated rings. The fourth-order valence-electron chi connectivity index (χ4n) is 3.05. The Hall–Kier alpha value is -3.39. The number of fused-ring (bicyclic) bond motifs is 1. The number of rotatable bonds is 3. The fourth-order valence-corrected chi connectivity index (χ4v) is 3.21. The summed E-state index contributed by atoms with van der Waals surface area (Å²) < 4.78 is 40.6. The molecular formula is C21H14ClF3N4O. The van der Waals surface area contributed by atoms with Gasteiger partial charge in [0.05, 0.1) is 39.1 Å². The number of halogens is 4. The molecule has 0 aliphatic rings. The van der Waals surface area contributed by atoms with Gasteiger partial charge in [-0.1, -0.05) is 41.9 Å². The van der Waals surface area contributed by atoms with Crippen molar-refractivity contribution in [3.05, 3.63) is 76.9 Å². The van der Waals surface area contributed by atoms with Crippen LogP contribution in [0.1, 0.15) is 15.9 Å². The first-order valence-electron chi connectivity index (χ1n) is 8.80. The van der Waals surface area contributed by atoms with Gasteiger partial charge >= 0.3 is 6.18 Å². The van der Waals surface area contributed by atoms with Crippen LogP contribution in [0.5, 0.6) is 0 Å². The molecule has 2 aromatic heterocycles. The molecule has 0 spiro atoms. The Morgan fingerprint density at radius 1 is 1.10 bits per heavy atom. The van der Waals surface area contributed by atoms with Gasteiger partial charge in [-0.3, -0.25) is 9.48 Å². The fraction of sp³-hybridized carbons (Fsp3) is 0.0952. The zero-order valence-corrected chi connectivity index (χ0v) is 16.3. The van der Waals surface area contributed by atoms with Crippen LogP contribution in [0.3, 0.4) is 0 Å². The maximum atomic E-state index is 13.0. The quantitative estimate of drug-likeness (QED) is 0.463. The number of aryl methyl sites for hydroxylation is 1. The van der Waals surface area contributed by atoms with Crippen LogP contribution in [0.4, 0.5) is 18.9 Å². The zero-order chi connectivity index (χ0) is 21.5. The summed E-state index contributed by atoms with van der Waals surface area (Å²) in [5.74, 6) is -0.617. The smallest absolute Gasteiger partial charge is 0.321 e. The highest BCUT2D eigenvalue weighted by molar-refractivity contribution is 6.34. The first-order chi connectivity index (χ1) is 14.2. The molecule has 0 saturated carbocycles. The second-order valence-corrected chi connectivity index (χ2v) is 6.98. The van der Waals surface area contributed by atoms with Crippen LogP contribution in [0.2, 0.25) is 5.02 Å². The van der Waals surface area contributed by atoms with Crippen molar-refractivity contribution >= 4 is 34.2 Å². The Labute approximate surface area is 174 Å². The van der Waals surface area contributed by atoms with Gasteiger partial charge < -0.3 is 5.32 Å². The number of nitrogens with one attached hydrogen (secondary N) is 1. The lowest BCUT2D eigenvalue weighted by molar-refractivity contribution is -0.137. The minimum absolute atomic E-state index is 0.00359. The minimum atomic E-state index is -4.56. The number of amides is 1. The number of carbonyl (C=O) groups is 1. The van der Waals surface area contributed by atoms with Crippen molar-refractivity contribution in [2.45, 2.75) is 6.18 Å². The van der Waals surface area contributed by atoms with E-state index in [0.717, 1.165) is 23.8 Å². The molecular weight excluding hydrogens is 417 g/mol. The molecule has 4 aromatic rings. The summed E-state index contributed by atoms with van der Waals surface area (Å²) in [6.07, 6.45) is -3.07. The molecule has 0 aliphatic heterocycles. The lowest BCUT2D eigenvalue weighted by atomic mass is 10.1. The summed E-state index contributed by atoms with van der Waals surface area (Å²) in [5, 5.41) is 7.09. The Morgan fingerprint density at radius 2 is 1.83 bits per heavy atom. The van der Waals surface area contributed by atoms with Gasteiger partial charge in [0.2, 0.25) is 0 Å².